The maximum absolute atomic E-state index is 9.28. The van der Waals surface area contributed by atoms with Gasteiger partial charge in [-0.15, -0.1) is 0 Å². The number of hydrogen-bond donors (Lipinski definition) is 1. The smallest absolute Gasteiger partial charge is 0.137 e. The highest BCUT2D eigenvalue weighted by Gasteiger charge is 2.18. The topological polar surface area (TPSA) is 77.0 Å². The lowest BCUT2D eigenvalue weighted by atomic mass is 9.97. The monoisotopic (exact) mass is 338 g/mol. The van der Waals surface area contributed by atoms with E-state index in [2.05, 4.69) is 0 Å². The molecule has 1 aliphatic heterocycles. The second-order valence-corrected chi connectivity index (χ2v) is 5.47. The van der Waals surface area contributed by atoms with E-state index in [9.17, 15) is 15.6 Å². The maximum atomic E-state index is 9.28. The van der Waals surface area contributed by atoms with E-state index in [-0.39, 0.29) is 11.3 Å². The van der Waals surface area contributed by atoms with Crippen LogP contribution in [-0.2, 0) is 0 Å². The van der Waals surface area contributed by atoms with Crippen molar-refractivity contribution >= 4 is 11.6 Å². The zero-order valence-corrected chi connectivity index (χ0v) is 13.8. The zero-order chi connectivity index (χ0) is 18.4. The van der Waals surface area contributed by atoms with Gasteiger partial charge in [-0.1, -0.05) is 48.6 Å². The number of ether oxygens (including phenoxy) is 1. The van der Waals surface area contributed by atoms with Crippen LogP contribution in [0.4, 0.5) is 0 Å². The van der Waals surface area contributed by atoms with Crippen LogP contribution in [0.2, 0.25) is 0 Å². The first-order valence-electron chi connectivity index (χ1n) is 7.88. The molecule has 0 atom stereocenters. The van der Waals surface area contributed by atoms with E-state index in [1.54, 1.807) is 42.5 Å². The molecular formula is C22H14N2O2. The van der Waals surface area contributed by atoms with Crippen LogP contribution >= 0.6 is 0 Å². The number of nitrogens with zero attached hydrogens (tertiary/aromatic N) is 2. The Morgan fingerprint density at radius 3 is 2.35 bits per heavy atom. The SMILES string of the molecule is N#CC(C#N)=C1C=C(/C=C/C=C/c2ccc(O)cc2)Oc2ccccc21. The first-order valence-corrected chi connectivity index (χ1v) is 7.88. The van der Waals surface area contributed by atoms with Gasteiger partial charge in [0.2, 0.25) is 0 Å². The molecule has 3 rings (SSSR count). The second kappa shape index (κ2) is 7.70. The van der Waals surface area contributed by atoms with E-state index in [4.69, 9.17) is 4.74 Å². The minimum absolute atomic E-state index is 0.0475. The molecule has 0 saturated heterocycles. The Balaban J connectivity index is 1.87. The van der Waals surface area contributed by atoms with Crippen LogP contribution in [0, 0.1) is 22.7 Å². The van der Waals surface area contributed by atoms with Gasteiger partial charge in [-0.25, -0.2) is 0 Å². The van der Waals surface area contributed by atoms with Crippen LogP contribution in [-0.4, -0.2) is 5.11 Å². The van der Waals surface area contributed by atoms with Crippen molar-refractivity contribution in [2.45, 2.75) is 0 Å². The quantitative estimate of drug-likeness (QED) is 0.648. The van der Waals surface area contributed by atoms with E-state index in [0.29, 0.717) is 17.1 Å². The van der Waals surface area contributed by atoms with Gasteiger partial charge < -0.3 is 9.84 Å². The highest BCUT2D eigenvalue weighted by Crippen LogP contribution is 2.35. The predicted molar refractivity (Wildman–Crippen MR) is 99.6 cm³/mol. The molecule has 4 heteroatoms. The lowest BCUT2D eigenvalue weighted by molar-refractivity contribution is 0.439. The molecule has 0 bridgehead atoms. The Labute approximate surface area is 151 Å². The number of phenols is 1. The van der Waals surface area contributed by atoms with Gasteiger partial charge >= 0.3 is 0 Å². The summed E-state index contributed by atoms with van der Waals surface area (Å²) in [5.41, 5.74) is 2.28. The molecule has 1 heterocycles. The lowest BCUT2D eigenvalue weighted by Gasteiger charge is -2.18. The molecule has 4 nitrogen and oxygen atoms in total. The van der Waals surface area contributed by atoms with Crippen molar-refractivity contribution in [2.75, 3.05) is 0 Å². The molecule has 124 valence electrons. The highest BCUT2D eigenvalue weighted by molar-refractivity contribution is 5.86. The maximum Gasteiger partial charge on any atom is 0.137 e. The van der Waals surface area contributed by atoms with Gasteiger partial charge in [-0.05, 0) is 35.9 Å². The first-order chi connectivity index (χ1) is 12.7. The molecule has 0 amide bonds. The lowest BCUT2D eigenvalue weighted by Crippen LogP contribution is -2.03. The summed E-state index contributed by atoms with van der Waals surface area (Å²) in [5.74, 6) is 1.37. The van der Waals surface area contributed by atoms with Gasteiger partial charge in [-0.2, -0.15) is 10.5 Å². The number of hydrogen-bond acceptors (Lipinski definition) is 4. The molecule has 0 unspecified atom stereocenters. The van der Waals surface area contributed by atoms with Gasteiger partial charge in [0.15, 0.2) is 0 Å². The normalized spacial score (nSPS) is 12.8. The fourth-order valence-corrected chi connectivity index (χ4v) is 2.49. The van der Waals surface area contributed by atoms with Gasteiger partial charge in [0.25, 0.3) is 0 Å². The van der Waals surface area contributed by atoms with E-state index in [1.165, 1.54) is 0 Å². The number of benzene rings is 2. The Morgan fingerprint density at radius 2 is 1.62 bits per heavy atom. The molecule has 0 aromatic heterocycles. The second-order valence-electron chi connectivity index (χ2n) is 5.47. The summed E-state index contributed by atoms with van der Waals surface area (Å²) in [4.78, 5) is 0. The molecule has 26 heavy (non-hydrogen) atoms. The predicted octanol–water partition coefficient (Wildman–Crippen LogP) is 4.74. The fraction of sp³-hybridized carbons (Fsp3) is 0. The molecule has 0 fully saturated rings. The minimum Gasteiger partial charge on any atom is -0.508 e. The number of rotatable bonds is 3. The molecule has 2 aromatic carbocycles. The van der Waals surface area contributed by atoms with Gasteiger partial charge in [-0.3, -0.25) is 0 Å². The van der Waals surface area contributed by atoms with Crippen LogP contribution in [0.25, 0.3) is 11.6 Å². The minimum atomic E-state index is 0.0475. The fourth-order valence-electron chi connectivity index (χ4n) is 2.49. The molecule has 1 aliphatic rings. The van der Waals surface area contributed by atoms with Gasteiger partial charge in [0.1, 0.15) is 35.0 Å². The zero-order valence-electron chi connectivity index (χ0n) is 13.8. The third-order valence-electron chi connectivity index (χ3n) is 3.74. The van der Waals surface area contributed by atoms with E-state index in [0.717, 1.165) is 11.1 Å². The first kappa shape index (κ1) is 16.8. The van der Waals surface area contributed by atoms with Crippen molar-refractivity contribution in [2.24, 2.45) is 0 Å². The summed E-state index contributed by atoms with van der Waals surface area (Å²) in [5, 5.41) is 27.7. The molecule has 0 spiro atoms. The molecule has 0 radical (unpaired) electrons. The Hall–Kier alpha value is -4.02. The highest BCUT2D eigenvalue weighted by atomic mass is 16.5. The number of para-hydroxylation sites is 1. The number of fused-ring (bicyclic) bond motifs is 1. The Bertz CT molecular complexity index is 1010. The number of aromatic hydroxyl groups is 1. The van der Waals surface area contributed by atoms with Crippen LogP contribution in [0.1, 0.15) is 11.1 Å². The largest absolute Gasteiger partial charge is 0.508 e. The summed E-state index contributed by atoms with van der Waals surface area (Å²) in [7, 11) is 0. The van der Waals surface area contributed by atoms with Crippen LogP contribution < -0.4 is 4.74 Å². The van der Waals surface area contributed by atoms with E-state index >= 15 is 0 Å². The number of allylic oxidation sites excluding steroid dienone is 6. The Morgan fingerprint density at radius 1 is 0.923 bits per heavy atom. The molecule has 1 N–H and O–H groups in total. The Kier molecular flexibility index (Phi) is 4.98. The number of nitriles is 2. The summed E-state index contributed by atoms with van der Waals surface area (Å²) >= 11 is 0. The molecule has 0 aliphatic carbocycles. The van der Waals surface area contributed by atoms with Crippen LogP contribution in [0.3, 0.4) is 0 Å². The van der Waals surface area contributed by atoms with E-state index < -0.39 is 0 Å². The van der Waals surface area contributed by atoms with Crippen molar-refractivity contribution in [3.8, 4) is 23.6 Å². The third kappa shape index (κ3) is 3.72. The van der Waals surface area contributed by atoms with Crippen LogP contribution in [0.15, 0.2) is 84.2 Å². The third-order valence-corrected chi connectivity index (χ3v) is 3.74. The van der Waals surface area contributed by atoms with Crippen molar-refractivity contribution in [3.63, 3.8) is 0 Å². The summed E-state index contributed by atoms with van der Waals surface area (Å²) in [6.45, 7) is 0. The average molecular weight is 338 g/mol. The summed E-state index contributed by atoms with van der Waals surface area (Å²) in [6.07, 6.45) is 8.99. The molecule has 0 saturated carbocycles. The van der Waals surface area contributed by atoms with Crippen molar-refractivity contribution in [1.82, 2.24) is 0 Å². The van der Waals surface area contributed by atoms with Gasteiger partial charge in [0.05, 0.1) is 0 Å². The number of phenolic OH excluding ortho intramolecular Hbond substituents is 1. The van der Waals surface area contributed by atoms with Crippen molar-refractivity contribution < 1.29 is 9.84 Å². The van der Waals surface area contributed by atoms with Gasteiger partial charge in [0, 0.05) is 11.1 Å². The average Bonchev–Trinajstić information content (AvgIpc) is 2.67. The standard InChI is InChI=1S/C22H14N2O2/c23-14-17(15-24)21-13-19(26-22-8-4-3-7-20(21)22)6-2-1-5-16-9-11-18(25)12-10-16/h1-13,25H/b5-1+,6-2+. The summed E-state index contributed by atoms with van der Waals surface area (Å²) in [6, 6.07) is 18.0. The van der Waals surface area contributed by atoms with Crippen LogP contribution in [0.5, 0.6) is 11.5 Å². The summed E-state index contributed by atoms with van der Waals surface area (Å²) < 4.78 is 5.82. The molecular weight excluding hydrogens is 324 g/mol. The van der Waals surface area contributed by atoms with E-state index in [1.807, 2.05) is 48.6 Å². The molecule has 2 aromatic rings. The van der Waals surface area contributed by atoms with Crippen molar-refractivity contribution in [1.29, 1.82) is 10.5 Å². The van der Waals surface area contributed by atoms with Crippen molar-refractivity contribution in [3.05, 3.63) is 95.3 Å².